The van der Waals surface area contributed by atoms with E-state index in [1.165, 1.54) is 12.1 Å². The number of carbonyl (C=O) groups is 1. The van der Waals surface area contributed by atoms with Gasteiger partial charge in [-0.05, 0) is 47.4 Å². The van der Waals surface area contributed by atoms with Gasteiger partial charge in [0.1, 0.15) is 11.5 Å². The number of hydrogen-bond acceptors (Lipinski definition) is 5. The lowest BCUT2D eigenvalue weighted by atomic mass is 10.0. The molecule has 38 heavy (non-hydrogen) atoms. The van der Waals surface area contributed by atoms with Crippen LogP contribution in [0, 0.1) is 11.7 Å². The molecule has 0 spiro atoms. The maximum atomic E-state index is 13.9. The Hall–Kier alpha value is -4.92. The number of H-pyrrole nitrogens is 2. The lowest BCUT2D eigenvalue weighted by Gasteiger charge is -2.09. The molecule has 0 saturated carbocycles. The fraction of sp³-hybridized carbons (Fsp3) is 0.138. The quantitative estimate of drug-likeness (QED) is 0.244. The molecule has 6 rings (SSSR count). The molecule has 0 aliphatic carbocycles. The number of benzene rings is 2. The Labute approximate surface area is 217 Å². The number of fused-ring (bicyclic) bond motifs is 2. The first-order valence-electron chi connectivity index (χ1n) is 12.3. The Morgan fingerprint density at radius 3 is 2.66 bits per heavy atom. The molecule has 4 heterocycles. The fourth-order valence-electron chi connectivity index (χ4n) is 4.54. The molecule has 0 saturated heterocycles. The molecule has 1 amide bonds. The van der Waals surface area contributed by atoms with Crippen molar-refractivity contribution in [2.45, 2.75) is 20.3 Å². The Morgan fingerprint density at radius 1 is 0.947 bits per heavy atom. The van der Waals surface area contributed by atoms with Gasteiger partial charge in [0, 0.05) is 35.3 Å². The van der Waals surface area contributed by atoms with E-state index < -0.39 is 0 Å². The molecule has 6 aromatic rings. The lowest BCUT2D eigenvalue weighted by Crippen LogP contribution is -2.13. The number of halogens is 1. The summed E-state index contributed by atoms with van der Waals surface area (Å²) in [5.74, 6) is 0.483. The van der Waals surface area contributed by atoms with Crippen molar-refractivity contribution in [3.05, 3.63) is 79.1 Å². The molecule has 0 fully saturated rings. The van der Waals surface area contributed by atoms with Crippen molar-refractivity contribution in [1.29, 1.82) is 0 Å². The number of carbonyl (C=O) groups excluding carboxylic acids is 1. The van der Waals surface area contributed by atoms with Crippen LogP contribution in [0.2, 0.25) is 0 Å². The lowest BCUT2D eigenvalue weighted by molar-refractivity contribution is -0.116. The van der Waals surface area contributed by atoms with Crippen LogP contribution in [-0.4, -0.2) is 36.0 Å². The number of hydrogen-bond donors (Lipinski definition) is 3. The van der Waals surface area contributed by atoms with Crippen molar-refractivity contribution >= 4 is 33.5 Å². The van der Waals surface area contributed by atoms with Gasteiger partial charge in [0.2, 0.25) is 5.91 Å². The molecule has 9 heteroatoms. The predicted molar refractivity (Wildman–Crippen MR) is 146 cm³/mol. The van der Waals surface area contributed by atoms with Crippen LogP contribution in [0.15, 0.2) is 73.3 Å². The van der Waals surface area contributed by atoms with Crippen molar-refractivity contribution in [3.63, 3.8) is 0 Å². The molecular formula is C29H24FN7O. The minimum absolute atomic E-state index is 0.0384. The highest BCUT2D eigenvalue weighted by Gasteiger charge is 2.17. The van der Waals surface area contributed by atoms with Gasteiger partial charge in [-0.25, -0.2) is 9.37 Å². The molecule has 4 aromatic heterocycles. The number of pyridine rings is 2. The Bertz CT molecular complexity index is 1800. The standard InChI is InChI=1S/C29H24FN7O/c1-16(2)8-26(38)33-21-10-19(12-31-13-21)17-6-7-24-22(11-17)28(37-36-24)29-34-25-15-32-14-23(27(25)35-29)18-4-3-5-20(30)9-18/h3-7,9-16H,8H2,1-2H3,(H,33,38)(H,34,35)(H,36,37). The first kappa shape index (κ1) is 23.5. The smallest absolute Gasteiger partial charge is 0.224 e. The van der Waals surface area contributed by atoms with E-state index in [0.29, 0.717) is 34.7 Å². The van der Waals surface area contributed by atoms with Gasteiger partial charge < -0.3 is 10.3 Å². The molecule has 2 aromatic carbocycles. The Balaban J connectivity index is 1.38. The molecule has 0 unspecified atom stereocenters. The number of nitrogens with zero attached hydrogens (tertiary/aromatic N) is 4. The second kappa shape index (κ2) is 9.51. The Morgan fingerprint density at radius 2 is 1.82 bits per heavy atom. The molecule has 0 radical (unpaired) electrons. The first-order valence-corrected chi connectivity index (χ1v) is 12.3. The minimum atomic E-state index is -0.320. The van der Waals surface area contributed by atoms with Crippen LogP contribution in [0.1, 0.15) is 20.3 Å². The normalized spacial score (nSPS) is 11.5. The zero-order chi connectivity index (χ0) is 26.2. The third kappa shape index (κ3) is 4.50. The van der Waals surface area contributed by atoms with Crippen LogP contribution in [-0.2, 0) is 4.79 Å². The van der Waals surface area contributed by atoms with Gasteiger partial charge in [0.25, 0.3) is 0 Å². The summed E-state index contributed by atoms with van der Waals surface area (Å²) < 4.78 is 13.9. The molecular weight excluding hydrogens is 481 g/mol. The molecule has 188 valence electrons. The summed E-state index contributed by atoms with van der Waals surface area (Å²) in [4.78, 5) is 29.0. The van der Waals surface area contributed by atoms with Gasteiger partial charge in [0.15, 0.2) is 5.82 Å². The van der Waals surface area contributed by atoms with E-state index in [0.717, 1.165) is 33.1 Å². The number of amides is 1. The van der Waals surface area contributed by atoms with E-state index in [-0.39, 0.29) is 17.6 Å². The molecule has 0 bridgehead atoms. The van der Waals surface area contributed by atoms with Crippen LogP contribution in [0.3, 0.4) is 0 Å². The summed E-state index contributed by atoms with van der Waals surface area (Å²) in [5.41, 5.74) is 6.77. The number of imidazole rings is 1. The van der Waals surface area contributed by atoms with Gasteiger partial charge >= 0.3 is 0 Å². The third-order valence-corrected chi connectivity index (χ3v) is 6.27. The topological polar surface area (TPSA) is 112 Å². The molecule has 3 N–H and O–H groups in total. The van der Waals surface area contributed by atoms with E-state index in [1.54, 1.807) is 30.9 Å². The third-order valence-electron chi connectivity index (χ3n) is 6.27. The van der Waals surface area contributed by atoms with Crippen molar-refractivity contribution < 1.29 is 9.18 Å². The number of aromatic amines is 2. The van der Waals surface area contributed by atoms with Gasteiger partial charge in [-0.1, -0.05) is 32.0 Å². The highest BCUT2D eigenvalue weighted by molar-refractivity contribution is 5.98. The van der Waals surface area contributed by atoms with E-state index >= 15 is 0 Å². The zero-order valence-corrected chi connectivity index (χ0v) is 20.8. The summed E-state index contributed by atoms with van der Waals surface area (Å²) in [7, 11) is 0. The van der Waals surface area contributed by atoms with E-state index in [4.69, 9.17) is 4.98 Å². The maximum absolute atomic E-state index is 13.9. The maximum Gasteiger partial charge on any atom is 0.224 e. The summed E-state index contributed by atoms with van der Waals surface area (Å²) in [6.07, 6.45) is 7.23. The number of nitrogens with one attached hydrogen (secondary N) is 3. The van der Waals surface area contributed by atoms with Gasteiger partial charge in [-0.2, -0.15) is 5.10 Å². The largest absolute Gasteiger partial charge is 0.335 e. The highest BCUT2D eigenvalue weighted by atomic mass is 19.1. The fourth-order valence-corrected chi connectivity index (χ4v) is 4.54. The monoisotopic (exact) mass is 505 g/mol. The molecule has 0 aliphatic rings. The van der Waals surface area contributed by atoms with Crippen molar-refractivity contribution in [1.82, 2.24) is 30.1 Å². The van der Waals surface area contributed by atoms with Crippen molar-refractivity contribution in [2.24, 2.45) is 5.92 Å². The number of aromatic nitrogens is 6. The first-order chi connectivity index (χ1) is 18.4. The van der Waals surface area contributed by atoms with Crippen LogP contribution in [0.4, 0.5) is 10.1 Å². The number of rotatable bonds is 6. The van der Waals surface area contributed by atoms with E-state index in [2.05, 4.69) is 30.5 Å². The summed E-state index contributed by atoms with van der Waals surface area (Å²) in [5, 5.41) is 11.4. The molecule has 0 aliphatic heterocycles. The summed E-state index contributed by atoms with van der Waals surface area (Å²) in [6.45, 7) is 4.01. The highest BCUT2D eigenvalue weighted by Crippen LogP contribution is 2.33. The zero-order valence-electron chi connectivity index (χ0n) is 20.8. The van der Waals surface area contributed by atoms with Gasteiger partial charge in [-0.15, -0.1) is 0 Å². The second-order valence-electron chi connectivity index (χ2n) is 9.62. The second-order valence-corrected chi connectivity index (χ2v) is 9.62. The van der Waals surface area contributed by atoms with Crippen molar-refractivity contribution in [3.8, 4) is 33.8 Å². The average Bonchev–Trinajstić information content (AvgIpc) is 3.52. The SMILES string of the molecule is CC(C)CC(=O)Nc1cncc(-c2ccc3[nH]nc(-c4nc5c(-c6cccc(F)c6)cncc5[nH]4)c3c2)c1. The van der Waals surface area contributed by atoms with E-state index in [9.17, 15) is 9.18 Å². The molecule has 0 atom stereocenters. The number of anilines is 1. The van der Waals surface area contributed by atoms with Crippen LogP contribution < -0.4 is 5.32 Å². The predicted octanol–water partition coefficient (Wildman–Crippen LogP) is 6.35. The summed E-state index contributed by atoms with van der Waals surface area (Å²) >= 11 is 0. The van der Waals surface area contributed by atoms with Crippen LogP contribution in [0.25, 0.3) is 55.7 Å². The minimum Gasteiger partial charge on any atom is -0.335 e. The van der Waals surface area contributed by atoms with Crippen LogP contribution >= 0.6 is 0 Å². The van der Waals surface area contributed by atoms with Gasteiger partial charge in [0.05, 0.1) is 34.6 Å². The average molecular weight is 506 g/mol. The van der Waals surface area contributed by atoms with Gasteiger partial charge in [-0.3, -0.25) is 19.9 Å². The Kier molecular flexibility index (Phi) is 5.88. The van der Waals surface area contributed by atoms with Crippen LogP contribution in [0.5, 0.6) is 0 Å². The molecule has 8 nitrogen and oxygen atoms in total. The van der Waals surface area contributed by atoms with Crippen molar-refractivity contribution in [2.75, 3.05) is 5.32 Å². The summed E-state index contributed by atoms with van der Waals surface area (Å²) in [6, 6.07) is 14.2. The van der Waals surface area contributed by atoms with E-state index in [1.807, 2.05) is 44.2 Å².